The molecule has 0 fully saturated rings. The molecule has 2 heterocycles. The number of hydrogen-bond acceptors (Lipinski definition) is 4. The number of unbranched alkanes of at least 4 members (excludes halogenated alkanes) is 1. The van der Waals surface area contributed by atoms with Crippen LogP contribution in [0.4, 0.5) is 15.0 Å². The average molecular weight is 499 g/mol. The van der Waals surface area contributed by atoms with E-state index in [9.17, 15) is 14.0 Å². The first-order valence-corrected chi connectivity index (χ1v) is 12.2. The van der Waals surface area contributed by atoms with Crippen molar-refractivity contribution in [2.24, 2.45) is 0 Å². The number of nitrogens with zero attached hydrogens (tertiary/aromatic N) is 3. The van der Waals surface area contributed by atoms with E-state index in [4.69, 9.17) is 21.3 Å². The van der Waals surface area contributed by atoms with Crippen LogP contribution in [0, 0.1) is 5.82 Å². The molecule has 0 atom stereocenters. The van der Waals surface area contributed by atoms with Crippen LogP contribution in [0.1, 0.15) is 54.4 Å². The van der Waals surface area contributed by atoms with Gasteiger partial charge in [0, 0.05) is 36.6 Å². The van der Waals surface area contributed by atoms with Gasteiger partial charge >= 0.3 is 6.09 Å². The summed E-state index contributed by atoms with van der Waals surface area (Å²) in [6.07, 6.45) is 3.54. The van der Waals surface area contributed by atoms with Gasteiger partial charge in [0.05, 0.1) is 0 Å². The van der Waals surface area contributed by atoms with Crippen LogP contribution in [-0.2, 0) is 19.5 Å². The van der Waals surface area contributed by atoms with Gasteiger partial charge in [-0.15, -0.1) is 0 Å². The molecule has 35 heavy (non-hydrogen) atoms. The summed E-state index contributed by atoms with van der Waals surface area (Å²) in [5, 5.41) is 3.12. The first-order valence-electron chi connectivity index (χ1n) is 11.8. The third-order valence-electron chi connectivity index (χ3n) is 5.84. The maximum absolute atomic E-state index is 13.5. The summed E-state index contributed by atoms with van der Waals surface area (Å²) in [7, 11) is 0. The normalized spacial score (nSPS) is 12.7. The molecular formula is C26H28ClFN4O3. The Bertz CT molecular complexity index is 1210. The van der Waals surface area contributed by atoms with Crippen LogP contribution in [0.25, 0.3) is 0 Å². The molecular weight excluding hydrogens is 471 g/mol. The zero-order valence-corrected chi connectivity index (χ0v) is 20.4. The van der Waals surface area contributed by atoms with E-state index < -0.39 is 6.09 Å². The van der Waals surface area contributed by atoms with E-state index >= 15 is 0 Å². The van der Waals surface area contributed by atoms with Gasteiger partial charge in [-0.3, -0.25) is 14.3 Å². The van der Waals surface area contributed by atoms with E-state index in [0.29, 0.717) is 35.1 Å². The van der Waals surface area contributed by atoms with Crippen LogP contribution in [0.5, 0.6) is 5.88 Å². The molecule has 0 spiro atoms. The lowest BCUT2D eigenvalue weighted by molar-refractivity contribution is 0.0984. The Hall–Kier alpha value is -3.39. The molecule has 3 aromatic rings. The molecule has 2 aromatic carbocycles. The number of rotatable bonds is 8. The molecule has 2 amide bonds. The number of carbonyl (C=O) groups is 2. The Labute approximate surface area is 208 Å². The van der Waals surface area contributed by atoms with Crippen molar-refractivity contribution in [3.63, 3.8) is 0 Å². The average Bonchev–Trinajstić information content (AvgIpc) is 3.21. The SMILES string of the molecule is CCCCN(C(=O)c1cccc(Cl)c1)c1nc2n(c1OC(=O)NCc1cccc(F)c1)CCCC2. The van der Waals surface area contributed by atoms with E-state index in [0.717, 1.165) is 37.9 Å². The zero-order chi connectivity index (χ0) is 24.8. The van der Waals surface area contributed by atoms with E-state index in [2.05, 4.69) is 5.32 Å². The summed E-state index contributed by atoms with van der Waals surface area (Å²) in [5.41, 5.74) is 1.04. The molecule has 0 aliphatic carbocycles. The van der Waals surface area contributed by atoms with Crippen molar-refractivity contribution in [3.8, 4) is 5.88 Å². The molecule has 0 unspecified atom stereocenters. The van der Waals surface area contributed by atoms with Gasteiger partial charge < -0.3 is 10.1 Å². The van der Waals surface area contributed by atoms with Gasteiger partial charge in [-0.05, 0) is 55.2 Å². The van der Waals surface area contributed by atoms with E-state index in [1.54, 1.807) is 41.3 Å². The smallest absolute Gasteiger partial charge is 0.389 e. The highest BCUT2D eigenvalue weighted by molar-refractivity contribution is 6.31. The Morgan fingerprint density at radius 3 is 2.80 bits per heavy atom. The third kappa shape index (κ3) is 6.00. The van der Waals surface area contributed by atoms with Crippen molar-refractivity contribution in [2.75, 3.05) is 11.4 Å². The van der Waals surface area contributed by atoms with Crippen LogP contribution in [0.2, 0.25) is 5.02 Å². The maximum Gasteiger partial charge on any atom is 0.414 e. The largest absolute Gasteiger partial charge is 0.414 e. The third-order valence-corrected chi connectivity index (χ3v) is 6.07. The molecule has 0 saturated carbocycles. The summed E-state index contributed by atoms with van der Waals surface area (Å²) < 4.78 is 21.1. The van der Waals surface area contributed by atoms with Crippen molar-refractivity contribution in [3.05, 3.63) is 76.3 Å². The maximum atomic E-state index is 13.5. The van der Waals surface area contributed by atoms with Crippen molar-refractivity contribution in [1.82, 2.24) is 14.9 Å². The highest BCUT2D eigenvalue weighted by Crippen LogP contribution is 2.34. The molecule has 1 aromatic heterocycles. The van der Waals surface area contributed by atoms with Gasteiger partial charge in [-0.25, -0.2) is 14.2 Å². The van der Waals surface area contributed by atoms with Crippen LogP contribution in [-0.4, -0.2) is 28.1 Å². The molecule has 0 bridgehead atoms. The quantitative estimate of drug-likeness (QED) is 0.429. The Balaban J connectivity index is 1.63. The van der Waals surface area contributed by atoms with Gasteiger partial charge in [-0.2, -0.15) is 0 Å². The molecule has 1 N–H and O–H groups in total. The second-order valence-electron chi connectivity index (χ2n) is 8.46. The lowest BCUT2D eigenvalue weighted by Gasteiger charge is -2.22. The number of halogens is 2. The van der Waals surface area contributed by atoms with Crippen LogP contribution in [0.3, 0.4) is 0 Å². The number of imidazole rings is 1. The van der Waals surface area contributed by atoms with Crippen LogP contribution < -0.4 is 15.0 Å². The van der Waals surface area contributed by atoms with Gasteiger partial charge in [0.25, 0.3) is 5.91 Å². The predicted molar refractivity (Wildman–Crippen MR) is 132 cm³/mol. The number of aryl methyl sites for hydroxylation is 1. The number of fused-ring (bicyclic) bond motifs is 1. The first-order chi connectivity index (χ1) is 17.0. The first kappa shape index (κ1) is 24.7. The minimum atomic E-state index is -0.700. The Kier molecular flexibility index (Phi) is 8.02. The van der Waals surface area contributed by atoms with Crippen molar-refractivity contribution < 1.29 is 18.7 Å². The molecule has 7 nitrogen and oxygen atoms in total. The van der Waals surface area contributed by atoms with Crippen LogP contribution in [0.15, 0.2) is 48.5 Å². The monoisotopic (exact) mass is 498 g/mol. The summed E-state index contributed by atoms with van der Waals surface area (Å²) >= 11 is 6.13. The topological polar surface area (TPSA) is 76.5 Å². The van der Waals surface area contributed by atoms with Gasteiger partial charge in [0.1, 0.15) is 11.6 Å². The second kappa shape index (κ2) is 11.4. The number of nitrogens with one attached hydrogen (secondary N) is 1. The standard InChI is InChI=1S/C26H28ClFN4O3/c1-2-3-13-32(24(33)19-9-7-10-20(27)16-19)23-25(31-14-5-4-12-22(31)30-23)35-26(34)29-17-18-8-6-11-21(28)15-18/h6-11,15-16H,2-5,12-14,17H2,1H3,(H,29,34). The van der Waals surface area contributed by atoms with Crippen molar-refractivity contribution in [2.45, 2.75) is 52.1 Å². The zero-order valence-electron chi connectivity index (χ0n) is 19.6. The molecule has 9 heteroatoms. The minimum absolute atomic E-state index is 0.105. The van der Waals surface area contributed by atoms with E-state index in [1.807, 2.05) is 11.5 Å². The van der Waals surface area contributed by atoms with Gasteiger partial charge in [-0.1, -0.05) is 43.1 Å². The number of anilines is 1. The number of hydrogen-bond donors (Lipinski definition) is 1. The van der Waals surface area contributed by atoms with Crippen molar-refractivity contribution >= 4 is 29.4 Å². The highest BCUT2D eigenvalue weighted by Gasteiger charge is 2.30. The molecule has 0 radical (unpaired) electrons. The second-order valence-corrected chi connectivity index (χ2v) is 8.90. The molecule has 1 aliphatic rings. The molecule has 0 saturated heterocycles. The van der Waals surface area contributed by atoms with Gasteiger partial charge in [0.15, 0.2) is 5.82 Å². The summed E-state index contributed by atoms with van der Waals surface area (Å²) in [6.45, 7) is 3.20. The van der Waals surface area contributed by atoms with Gasteiger partial charge in [0.2, 0.25) is 5.88 Å². The lowest BCUT2D eigenvalue weighted by atomic mass is 10.2. The molecule has 1 aliphatic heterocycles. The number of benzene rings is 2. The molecule has 4 rings (SSSR count). The minimum Gasteiger partial charge on any atom is -0.389 e. The summed E-state index contributed by atoms with van der Waals surface area (Å²) in [5.74, 6) is 0.695. The fourth-order valence-electron chi connectivity index (χ4n) is 4.06. The van der Waals surface area contributed by atoms with E-state index in [1.165, 1.54) is 12.1 Å². The summed E-state index contributed by atoms with van der Waals surface area (Å²) in [6, 6.07) is 12.7. The Morgan fingerprint density at radius 2 is 2.03 bits per heavy atom. The Morgan fingerprint density at radius 1 is 1.20 bits per heavy atom. The van der Waals surface area contributed by atoms with Crippen molar-refractivity contribution in [1.29, 1.82) is 0 Å². The molecule has 184 valence electrons. The summed E-state index contributed by atoms with van der Waals surface area (Å²) in [4.78, 5) is 32.6. The fraction of sp³-hybridized carbons (Fsp3) is 0.346. The number of ether oxygens (including phenoxy) is 1. The fourth-order valence-corrected chi connectivity index (χ4v) is 4.25. The lowest BCUT2D eigenvalue weighted by Crippen LogP contribution is -2.34. The highest BCUT2D eigenvalue weighted by atomic mass is 35.5. The predicted octanol–water partition coefficient (Wildman–Crippen LogP) is 5.75. The number of aromatic nitrogens is 2. The number of carbonyl (C=O) groups excluding carboxylic acids is 2. The van der Waals surface area contributed by atoms with Crippen LogP contribution >= 0.6 is 11.6 Å². The number of amides is 2. The van der Waals surface area contributed by atoms with E-state index in [-0.39, 0.29) is 24.1 Å².